The smallest absolute Gasteiger partial charge is 0.0355 e. The van der Waals surface area contributed by atoms with Gasteiger partial charge in [-0.3, -0.25) is 0 Å². The Morgan fingerprint density at radius 2 is 1.82 bits per heavy atom. The van der Waals surface area contributed by atoms with E-state index in [2.05, 4.69) is 34.6 Å². The topological polar surface area (TPSA) is 0 Å². The first kappa shape index (κ1) is 15.1. The molecule has 0 amide bonds. The second-order valence-electron chi connectivity index (χ2n) is 6.47. The summed E-state index contributed by atoms with van der Waals surface area (Å²) in [6.45, 7) is 12.1. The fraction of sp³-hybridized carbons (Fsp3) is 1.00. The summed E-state index contributed by atoms with van der Waals surface area (Å²) >= 11 is 0. The van der Waals surface area contributed by atoms with Gasteiger partial charge in [-0.1, -0.05) is 73.1 Å². The van der Waals surface area contributed by atoms with Crippen LogP contribution in [-0.2, 0) is 0 Å². The monoisotopic (exact) mass is 238 g/mol. The third-order valence-corrected chi connectivity index (χ3v) is 5.57. The Balaban J connectivity index is 2.53. The molecule has 0 heterocycles. The molecule has 1 fully saturated rings. The van der Waals surface area contributed by atoms with Crippen LogP contribution in [0.1, 0.15) is 79.6 Å². The van der Waals surface area contributed by atoms with Crippen LogP contribution in [0.3, 0.4) is 0 Å². The van der Waals surface area contributed by atoms with Crippen LogP contribution in [0.5, 0.6) is 0 Å². The van der Waals surface area contributed by atoms with Crippen LogP contribution in [0, 0.1) is 29.6 Å². The van der Waals surface area contributed by atoms with Crippen LogP contribution in [-0.4, -0.2) is 0 Å². The first-order valence-electron chi connectivity index (χ1n) is 8.15. The van der Waals surface area contributed by atoms with Gasteiger partial charge in [-0.2, -0.15) is 0 Å². The van der Waals surface area contributed by atoms with E-state index in [0.717, 1.165) is 29.6 Å². The molecule has 0 bridgehead atoms. The van der Waals surface area contributed by atoms with Gasteiger partial charge >= 0.3 is 0 Å². The molecule has 0 aliphatic heterocycles. The third-order valence-electron chi connectivity index (χ3n) is 5.57. The zero-order valence-electron chi connectivity index (χ0n) is 12.8. The SMILES string of the molecule is CCCCCC1CC(C(C)CC)C(CC)C1C. The molecule has 5 unspecified atom stereocenters. The zero-order valence-corrected chi connectivity index (χ0v) is 12.8. The maximum Gasteiger partial charge on any atom is -0.0355 e. The highest BCUT2D eigenvalue weighted by Gasteiger charge is 2.40. The van der Waals surface area contributed by atoms with Gasteiger partial charge in [0.2, 0.25) is 0 Å². The van der Waals surface area contributed by atoms with Crippen molar-refractivity contribution in [2.24, 2.45) is 29.6 Å². The molecule has 17 heavy (non-hydrogen) atoms. The van der Waals surface area contributed by atoms with Crippen LogP contribution < -0.4 is 0 Å². The van der Waals surface area contributed by atoms with E-state index in [9.17, 15) is 0 Å². The molecule has 102 valence electrons. The van der Waals surface area contributed by atoms with Gasteiger partial charge in [0.15, 0.2) is 0 Å². The Morgan fingerprint density at radius 1 is 1.12 bits per heavy atom. The highest BCUT2D eigenvalue weighted by molar-refractivity contribution is 4.89. The lowest BCUT2D eigenvalue weighted by Crippen LogP contribution is -2.18. The van der Waals surface area contributed by atoms with Crippen molar-refractivity contribution in [1.29, 1.82) is 0 Å². The van der Waals surface area contributed by atoms with Crippen LogP contribution in [0.2, 0.25) is 0 Å². The molecular formula is C17H34. The summed E-state index contributed by atoms with van der Waals surface area (Å²) in [6, 6.07) is 0. The van der Waals surface area contributed by atoms with Gasteiger partial charge in [0.05, 0.1) is 0 Å². The third kappa shape index (κ3) is 3.73. The Kier molecular flexibility index (Phi) is 6.59. The van der Waals surface area contributed by atoms with E-state index >= 15 is 0 Å². The van der Waals surface area contributed by atoms with Gasteiger partial charge in [0, 0.05) is 0 Å². The zero-order chi connectivity index (χ0) is 12.8. The molecule has 1 aliphatic rings. The molecule has 0 nitrogen and oxygen atoms in total. The summed E-state index contributed by atoms with van der Waals surface area (Å²) < 4.78 is 0. The minimum atomic E-state index is 0.943. The van der Waals surface area contributed by atoms with E-state index in [1.165, 1.54) is 44.9 Å². The largest absolute Gasteiger partial charge is 0.0654 e. The van der Waals surface area contributed by atoms with Crippen LogP contribution in [0.4, 0.5) is 0 Å². The molecule has 0 heteroatoms. The number of rotatable bonds is 7. The molecule has 1 saturated carbocycles. The van der Waals surface area contributed by atoms with Crippen molar-refractivity contribution in [3.8, 4) is 0 Å². The summed E-state index contributed by atoms with van der Waals surface area (Å²) in [7, 11) is 0. The van der Waals surface area contributed by atoms with Crippen LogP contribution in [0.15, 0.2) is 0 Å². The maximum absolute atomic E-state index is 2.53. The van der Waals surface area contributed by atoms with Gasteiger partial charge in [-0.15, -0.1) is 0 Å². The predicted octanol–water partition coefficient (Wildman–Crippen LogP) is 5.91. The second-order valence-corrected chi connectivity index (χ2v) is 6.47. The van der Waals surface area contributed by atoms with Gasteiger partial charge < -0.3 is 0 Å². The van der Waals surface area contributed by atoms with E-state index in [-0.39, 0.29) is 0 Å². The Hall–Kier alpha value is 0. The van der Waals surface area contributed by atoms with E-state index in [1.54, 1.807) is 0 Å². The molecule has 5 atom stereocenters. The van der Waals surface area contributed by atoms with Gasteiger partial charge in [0.1, 0.15) is 0 Å². The molecule has 0 aromatic carbocycles. The van der Waals surface area contributed by atoms with Gasteiger partial charge in [-0.25, -0.2) is 0 Å². The Morgan fingerprint density at radius 3 is 2.35 bits per heavy atom. The van der Waals surface area contributed by atoms with Crippen LogP contribution in [0.25, 0.3) is 0 Å². The fourth-order valence-corrected chi connectivity index (χ4v) is 4.15. The average Bonchev–Trinajstić information content (AvgIpc) is 2.66. The van der Waals surface area contributed by atoms with Crippen molar-refractivity contribution >= 4 is 0 Å². The maximum atomic E-state index is 2.53. The lowest BCUT2D eigenvalue weighted by molar-refractivity contribution is 0.232. The normalized spacial score (nSPS) is 35.1. The van der Waals surface area contributed by atoms with Crippen molar-refractivity contribution in [3.05, 3.63) is 0 Å². The average molecular weight is 238 g/mol. The molecule has 0 radical (unpaired) electrons. The lowest BCUT2D eigenvalue weighted by Gasteiger charge is -2.26. The quantitative estimate of drug-likeness (QED) is 0.484. The van der Waals surface area contributed by atoms with E-state index in [4.69, 9.17) is 0 Å². The highest BCUT2D eigenvalue weighted by Crippen LogP contribution is 2.48. The second kappa shape index (κ2) is 7.44. The lowest BCUT2D eigenvalue weighted by atomic mass is 9.79. The van der Waals surface area contributed by atoms with Gasteiger partial charge in [-0.05, 0) is 36.0 Å². The molecule has 0 N–H and O–H groups in total. The van der Waals surface area contributed by atoms with Crippen molar-refractivity contribution < 1.29 is 0 Å². The first-order valence-corrected chi connectivity index (χ1v) is 8.15. The minimum Gasteiger partial charge on any atom is -0.0654 e. The number of hydrogen-bond acceptors (Lipinski definition) is 0. The standard InChI is InChI=1S/C17H34/c1-6-9-10-11-15-12-17(13(4)7-2)16(8-3)14(15)5/h13-17H,6-12H2,1-5H3. The molecular weight excluding hydrogens is 204 g/mol. The molecule has 0 spiro atoms. The predicted molar refractivity (Wildman–Crippen MR) is 78.1 cm³/mol. The Labute approximate surface area is 110 Å². The van der Waals surface area contributed by atoms with E-state index < -0.39 is 0 Å². The van der Waals surface area contributed by atoms with E-state index in [0.29, 0.717) is 0 Å². The summed E-state index contributed by atoms with van der Waals surface area (Å²) in [5.74, 6) is 4.99. The first-order chi connectivity index (χ1) is 8.15. The summed E-state index contributed by atoms with van der Waals surface area (Å²) in [6.07, 6.45) is 10.1. The number of unbranched alkanes of at least 4 members (excludes halogenated alkanes) is 2. The molecule has 0 aromatic rings. The van der Waals surface area contributed by atoms with Crippen molar-refractivity contribution in [3.63, 3.8) is 0 Å². The fourth-order valence-electron chi connectivity index (χ4n) is 4.15. The molecule has 1 rings (SSSR count). The van der Waals surface area contributed by atoms with E-state index in [1.807, 2.05) is 0 Å². The van der Waals surface area contributed by atoms with Gasteiger partial charge in [0.25, 0.3) is 0 Å². The number of hydrogen-bond donors (Lipinski definition) is 0. The molecule has 1 aliphatic carbocycles. The molecule has 0 aromatic heterocycles. The highest BCUT2D eigenvalue weighted by atomic mass is 14.5. The summed E-state index contributed by atoms with van der Waals surface area (Å²) in [4.78, 5) is 0. The minimum absolute atomic E-state index is 0.943. The van der Waals surface area contributed by atoms with Crippen molar-refractivity contribution in [2.75, 3.05) is 0 Å². The van der Waals surface area contributed by atoms with Crippen molar-refractivity contribution in [1.82, 2.24) is 0 Å². The summed E-state index contributed by atoms with van der Waals surface area (Å²) in [5.41, 5.74) is 0. The van der Waals surface area contributed by atoms with Crippen molar-refractivity contribution in [2.45, 2.75) is 79.6 Å². The van der Waals surface area contributed by atoms with Crippen LogP contribution >= 0.6 is 0 Å². The molecule has 0 saturated heterocycles. The summed E-state index contributed by atoms with van der Waals surface area (Å²) in [5, 5.41) is 0. The Bertz CT molecular complexity index is 196.